The second-order valence-corrected chi connectivity index (χ2v) is 13.1. The number of carbonyl (C=O) groups is 2. The molecule has 0 aliphatic heterocycles. The summed E-state index contributed by atoms with van der Waals surface area (Å²) in [6, 6.07) is 13.7. The van der Waals surface area contributed by atoms with E-state index in [4.69, 9.17) is 18.3 Å². The van der Waals surface area contributed by atoms with Crippen molar-refractivity contribution in [1.82, 2.24) is 0 Å². The molecule has 0 amide bonds. The molecule has 0 atom stereocenters. The molecule has 0 spiro atoms. The fraction of sp³-hybridized carbons (Fsp3) is 0.250. The highest BCUT2D eigenvalue weighted by molar-refractivity contribution is 9.69. The summed E-state index contributed by atoms with van der Waals surface area (Å²) >= 11 is 9.31. The fourth-order valence-electron chi connectivity index (χ4n) is 2.80. The molecule has 0 bridgehead atoms. The lowest BCUT2D eigenvalue weighted by Crippen LogP contribution is -2.02. The molecule has 7 nitrogen and oxygen atoms in total. The van der Waals surface area contributed by atoms with Gasteiger partial charge >= 0.3 is 15.1 Å². The van der Waals surface area contributed by atoms with Crippen LogP contribution in [-0.2, 0) is 9.47 Å². The Hall–Kier alpha value is -2.24. The minimum absolute atomic E-state index is 0. The average molecular weight is 677 g/mol. The zero-order chi connectivity index (χ0) is 25.3. The van der Waals surface area contributed by atoms with Crippen molar-refractivity contribution in [2.24, 2.45) is 0 Å². The van der Waals surface area contributed by atoms with Crippen molar-refractivity contribution in [3.05, 3.63) is 65.6 Å². The van der Waals surface area contributed by atoms with Crippen LogP contribution in [0.25, 0.3) is 21.9 Å². The predicted octanol–water partition coefficient (Wildman–Crippen LogP) is 8.03. The minimum Gasteiger partial charge on any atom is -0.508 e. The van der Waals surface area contributed by atoms with Gasteiger partial charge in [-0.25, -0.2) is 9.59 Å². The number of phenols is 1. The maximum atomic E-state index is 11.4. The Morgan fingerprint density at radius 1 is 0.829 bits per heavy atom. The molecule has 1 N–H and O–H groups in total. The number of carbonyl (C=O) groups excluding carboxylic acids is 2. The van der Waals surface area contributed by atoms with Crippen molar-refractivity contribution < 1.29 is 33.0 Å². The summed E-state index contributed by atoms with van der Waals surface area (Å²) in [5.74, 6) is -0.354. The van der Waals surface area contributed by atoms with Crippen LogP contribution in [-0.4, -0.2) is 33.4 Å². The van der Waals surface area contributed by atoms with E-state index in [1.54, 1.807) is 32.0 Å². The number of phenolic OH excluding ortho intramolecular Hbond substituents is 1. The molecule has 2 heterocycles. The standard InChI is InChI=1S/C12H12O3.C11H10O4.CH4.BBr3/c1-3-14-12(13)11-7-9-6-8(2)4-5-10(9)15-11;1-2-14-11(13)10-6-7-5-8(12)3-4-9(7)15-10;;2-1(3)4/h4-7H,3H2,1-2H3;3-6,12H,2H2,1H3;1H4;. The van der Waals surface area contributed by atoms with Crippen molar-refractivity contribution in [2.75, 3.05) is 13.2 Å². The number of hydrogen-bond donors (Lipinski definition) is 1. The molecule has 2 aromatic heterocycles. The van der Waals surface area contributed by atoms with Gasteiger partial charge in [0, 0.05) is 10.8 Å². The Labute approximate surface area is 229 Å². The van der Waals surface area contributed by atoms with E-state index in [-0.39, 0.29) is 27.9 Å². The molecule has 0 radical (unpaired) electrons. The summed E-state index contributed by atoms with van der Waals surface area (Å²) in [6.07, 6.45) is 0. The van der Waals surface area contributed by atoms with E-state index in [0.717, 1.165) is 10.9 Å². The number of hydrogen-bond acceptors (Lipinski definition) is 7. The Bertz CT molecular complexity index is 1150. The molecular formula is C24H26BBr3O7. The lowest BCUT2D eigenvalue weighted by Gasteiger charge is -1.95. The van der Waals surface area contributed by atoms with Gasteiger partial charge in [0.15, 0.2) is 0 Å². The van der Waals surface area contributed by atoms with Crippen LogP contribution in [0.4, 0.5) is 0 Å². The monoisotopic (exact) mass is 674 g/mol. The maximum Gasteiger partial charge on any atom is 0.374 e. The number of aromatic hydroxyl groups is 1. The molecule has 0 unspecified atom stereocenters. The quantitative estimate of drug-likeness (QED) is 0.173. The van der Waals surface area contributed by atoms with E-state index in [0.29, 0.717) is 29.8 Å². The van der Waals surface area contributed by atoms with Crippen LogP contribution >= 0.6 is 47.3 Å². The van der Waals surface area contributed by atoms with Gasteiger partial charge in [-0.05, 0) is 63.2 Å². The minimum atomic E-state index is -0.492. The van der Waals surface area contributed by atoms with Crippen LogP contribution in [0, 0.1) is 6.92 Å². The third-order valence-corrected chi connectivity index (χ3v) is 4.12. The zero-order valence-corrected chi connectivity index (χ0v) is 23.4. The van der Waals surface area contributed by atoms with Gasteiger partial charge in [0.25, 0.3) is 0 Å². The molecule has 0 aliphatic rings. The van der Waals surface area contributed by atoms with E-state index in [2.05, 4.69) is 47.3 Å². The number of benzene rings is 2. The first-order valence-electron chi connectivity index (χ1n) is 10.1. The van der Waals surface area contributed by atoms with E-state index in [1.807, 2.05) is 25.1 Å². The highest BCUT2D eigenvalue weighted by atomic mass is 79.9. The molecule has 35 heavy (non-hydrogen) atoms. The number of furan rings is 2. The Morgan fingerprint density at radius 2 is 1.26 bits per heavy atom. The van der Waals surface area contributed by atoms with Gasteiger partial charge in [0.05, 0.1) is 13.2 Å². The van der Waals surface area contributed by atoms with Gasteiger partial charge in [0.1, 0.15) is 16.9 Å². The summed E-state index contributed by atoms with van der Waals surface area (Å²) in [4.78, 5) is 22.7. The van der Waals surface area contributed by atoms with Crippen molar-refractivity contribution in [2.45, 2.75) is 28.2 Å². The normalized spacial score (nSPS) is 9.77. The Morgan fingerprint density at radius 3 is 1.71 bits per heavy atom. The largest absolute Gasteiger partial charge is 0.508 e. The van der Waals surface area contributed by atoms with Crippen molar-refractivity contribution >= 4 is 84.3 Å². The topological polar surface area (TPSA) is 99.1 Å². The van der Waals surface area contributed by atoms with E-state index in [9.17, 15) is 14.7 Å². The number of fused-ring (bicyclic) bond motifs is 2. The van der Waals surface area contributed by atoms with Gasteiger partial charge < -0.3 is 23.4 Å². The second kappa shape index (κ2) is 15.0. The first-order chi connectivity index (χ1) is 16.1. The Balaban J connectivity index is 0.000000297. The van der Waals surface area contributed by atoms with Crippen LogP contribution in [0.15, 0.2) is 57.4 Å². The molecule has 188 valence electrons. The molecule has 2 aromatic carbocycles. The first-order valence-corrected chi connectivity index (χ1v) is 12.9. The van der Waals surface area contributed by atoms with Gasteiger partial charge in [-0.1, -0.05) is 19.1 Å². The van der Waals surface area contributed by atoms with E-state index < -0.39 is 11.9 Å². The molecule has 4 aromatic rings. The van der Waals surface area contributed by atoms with Crippen LogP contribution in [0.3, 0.4) is 0 Å². The zero-order valence-electron chi connectivity index (χ0n) is 18.6. The SMILES string of the molecule is BrB(Br)Br.C.CCOC(=O)c1cc2cc(C)ccc2o1.CCOC(=O)c1cc2cc(O)ccc2o1. The van der Waals surface area contributed by atoms with Gasteiger partial charge in [-0.2, -0.15) is 0 Å². The number of aryl methyl sites for hydroxylation is 1. The highest BCUT2D eigenvalue weighted by Crippen LogP contribution is 2.24. The third-order valence-electron chi connectivity index (χ3n) is 4.12. The van der Waals surface area contributed by atoms with Gasteiger partial charge in [-0.15, -0.1) is 47.3 Å². The van der Waals surface area contributed by atoms with Crippen molar-refractivity contribution in [3.63, 3.8) is 0 Å². The fourth-order valence-corrected chi connectivity index (χ4v) is 2.80. The summed E-state index contributed by atoms with van der Waals surface area (Å²) in [5, 5.41) is 10.8. The highest BCUT2D eigenvalue weighted by Gasteiger charge is 2.13. The van der Waals surface area contributed by atoms with Crippen LogP contribution < -0.4 is 0 Å². The molecule has 11 heteroatoms. The number of esters is 2. The maximum absolute atomic E-state index is 11.4. The summed E-state index contributed by atoms with van der Waals surface area (Å²) in [7, 11) is 0. The summed E-state index contributed by atoms with van der Waals surface area (Å²) < 4.78 is 20.5. The third kappa shape index (κ3) is 9.74. The molecule has 0 saturated heterocycles. The Kier molecular flexibility index (Phi) is 13.2. The van der Waals surface area contributed by atoms with Crippen LogP contribution in [0.1, 0.15) is 47.9 Å². The van der Waals surface area contributed by atoms with Crippen molar-refractivity contribution in [3.8, 4) is 5.75 Å². The lowest BCUT2D eigenvalue weighted by atomic mass is 10.2. The molecule has 0 aliphatic carbocycles. The summed E-state index contributed by atoms with van der Waals surface area (Å²) in [5.41, 5.74) is 2.40. The second-order valence-electron chi connectivity index (χ2n) is 6.67. The lowest BCUT2D eigenvalue weighted by molar-refractivity contribution is 0.0484. The molecular weight excluding hydrogens is 651 g/mol. The van der Waals surface area contributed by atoms with Crippen LogP contribution in [0.2, 0.25) is 0 Å². The molecule has 4 rings (SSSR count). The number of halogens is 3. The van der Waals surface area contributed by atoms with Gasteiger partial charge in [-0.3, -0.25) is 0 Å². The summed E-state index contributed by atoms with van der Waals surface area (Å²) in [6.45, 7) is 6.16. The first kappa shape index (κ1) is 30.8. The van der Waals surface area contributed by atoms with E-state index >= 15 is 0 Å². The molecule has 0 saturated carbocycles. The van der Waals surface area contributed by atoms with E-state index in [1.165, 1.54) is 12.1 Å². The number of ether oxygens (including phenoxy) is 2. The smallest absolute Gasteiger partial charge is 0.374 e. The van der Waals surface area contributed by atoms with Crippen molar-refractivity contribution in [1.29, 1.82) is 0 Å². The van der Waals surface area contributed by atoms with Gasteiger partial charge in [0.2, 0.25) is 11.5 Å². The van der Waals surface area contributed by atoms with Crippen LogP contribution in [0.5, 0.6) is 5.75 Å². The average Bonchev–Trinajstić information content (AvgIpc) is 3.37. The predicted molar refractivity (Wildman–Crippen MR) is 150 cm³/mol. The molecule has 0 fully saturated rings. The number of rotatable bonds is 4.